The molecule has 34 heavy (non-hydrogen) atoms. The van der Waals surface area contributed by atoms with Crippen LogP contribution in [0.2, 0.25) is 0 Å². The second-order valence-electron chi connectivity index (χ2n) is 7.60. The summed E-state index contributed by atoms with van der Waals surface area (Å²) < 4.78 is 42.5. The molecule has 4 rings (SSSR count). The minimum Gasteiger partial charge on any atom is -0.481 e. The van der Waals surface area contributed by atoms with E-state index in [-0.39, 0.29) is 24.3 Å². The van der Waals surface area contributed by atoms with Crippen LogP contribution >= 0.6 is 0 Å². The first-order valence-corrected chi connectivity index (χ1v) is 10.3. The molecular weight excluding hydrogens is 449 g/mol. The van der Waals surface area contributed by atoms with Crippen LogP contribution in [-0.4, -0.2) is 27.0 Å². The largest absolute Gasteiger partial charge is 0.573 e. The van der Waals surface area contributed by atoms with Crippen molar-refractivity contribution in [1.29, 1.82) is 0 Å². The third-order valence-electron chi connectivity index (χ3n) is 5.20. The van der Waals surface area contributed by atoms with E-state index in [9.17, 15) is 22.8 Å². The molecule has 0 atom stereocenters. The van der Waals surface area contributed by atoms with Gasteiger partial charge in [0.05, 0.1) is 17.5 Å². The smallest absolute Gasteiger partial charge is 0.481 e. The number of carboxylic acids is 1. The summed E-state index contributed by atoms with van der Waals surface area (Å²) >= 11 is 0. The zero-order valence-electron chi connectivity index (χ0n) is 17.7. The first-order valence-electron chi connectivity index (χ1n) is 10.3. The van der Waals surface area contributed by atoms with Crippen LogP contribution in [0.25, 0.3) is 22.2 Å². The molecule has 0 radical (unpaired) electrons. The number of aryl methyl sites for hydroxylation is 1. The van der Waals surface area contributed by atoms with Gasteiger partial charge in [-0.2, -0.15) is 0 Å². The van der Waals surface area contributed by atoms with Crippen molar-refractivity contribution in [1.82, 2.24) is 9.55 Å². The predicted molar refractivity (Wildman–Crippen MR) is 120 cm³/mol. The molecule has 4 aromatic rings. The van der Waals surface area contributed by atoms with E-state index >= 15 is 0 Å². The lowest BCUT2D eigenvalue weighted by Crippen LogP contribution is -2.27. The highest BCUT2D eigenvalue weighted by Gasteiger charge is 2.31. The van der Waals surface area contributed by atoms with Gasteiger partial charge in [-0.05, 0) is 41.0 Å². The van der Waals surface area contributed by atoms with Crippen LogP contribution in [0.5, 0.6) is 5.75 Å². The fourth-order valence-electron chi connectivity index (χ4n) is 3.65. The summed E-state index contributed by atoms with van der Waals surface area (Å²) in [5, 5.41) is 9.16. The molecule has 0 bridgehead atoms. The zero-order valence-corrected chi connectivity index (χ0v) is 17.7. The van der Waals surface area contributed by atoms with E-state index in [2.05, 4.69) is 9.72 Å². The maximum atomic E-state index is 13.2. The Morgan fingerprint density at radius 2 is 1.65 bits per heavy atom. The Morgan fingerprint density at radius 1 is 0.971 bits per heavy atom. The van der Waals surface area contributed by atoms with Gasteiger partial charge in [0.1, 0.15) is 11.4 Å². The molecule has 0 spiro atoms. The molecule has 0 saturated heterocycles. The van der Waals surface area contributed by atoms with Crippen molar-refractivity contribution in [3.63, 3.8) is 0 Å². The van der Waals surface area contributed by atoms with Crippen molar-refractivity contribution >= 4 is 17.0 Å². The van der Waals surface area contributed by atoms with Crippen LogP contribution in [-0.2, 0) is 17.8 Å². The number of halogens is 3. The summed E-state index contributed by atoms with van der Waals surface area (Å²) in [7, 11) is 0. The molecule has 1 heterocycles. The van der Waals surface area contributed by atoms with E-state index < -0.39 is 12.3 Å². The highest BCUT2D eigenvalue weighted by Crippen LogP contribution is 2.28. The van der Waals surface area contributed by atoms with Gasteiger partial charge in [0.15, 0.2) is 0 Å². The SMILES string of the molecule is O=C(O)CCn1c(=O)c(Cc2ccccc2)nc2ccc(-c3ccc(OC(F)(F)F)cc3)cc21. The second-order valence-corrected chi connectivity index (χ2v) is 7.60. The fourth-order valence-corrected chi connectivity index (χ4v) is 3.65. The lowest BCUT2D eigenvalue weighted by Gasteiger charge is -2.14. The van der Waals surface area contributed by atoms with Gasteiger partial charge in [-0.25, -0.2) is 4.98 Å². The molecule has 1 aromatic heterocycles. The maximum Gasteiger partial charge on any atom is 0.573 e. The van der Waals surface area contributed by atoms with Crippen LogP contribution < -0.4 is 10.3 Å². The number of carboxylic acid groups (broad SMARTS) is 1. The normalized spacial score (nSPS) is 11.5. The first-order chi connectivity index (χ1) is 16.2. The monoisotopic (exact) mass is 468 g/mol. The Hall–Kier alpha value is -4.14. The van der Waals surface area contributed by atoms with Crippen molar-refractivity contribution in [2.45, 2.75) is 25.7 Å². The van der Waals surface area contributed by atoms with Crippen molar-refractivity contribution in [3.05, 3.63) is 94.4 Å². The number of benzene rings is 3. The molecule has 0 fully saturated rings. The van der Waals surface area contributed by atoms with Crippen molar-refractivity contribution < 1.29 is 27.8 Å². The maximum absolute atomic E-state index is 13.2. The Bertz CT molecular complexity index is 1380. The number of nitrogens with zero attached hydrogens (tertiary/aromatic N) is 2. The quantitative estimate of drug-likeness (QED) is 0.412. The zero-order chi connectivity index (χ0) is 24.3. The molecule has 3 aromatic carbocycles. The van der Waals surface area contributed by atoms with Gasteiger partial charge in [0.25, 0.3) is 5.56 Å². The molecule has 0 amide bonds. The average Bonchev–Trinajstić information content (AvgIpc) is 2.79. The fraction of sp³-hybridized carbons (Fsp3) is 0.160. The lowest BCUT2D eigenvalue weighted by atomic mass is 10.0. The lowest BCUT2D eigenvalue weighted by molar-refractivity contribution is -0.274. The molecule has 6 nitrogen and oxygen atoms in total. The number of alkyl halides is 3. The summed E-state index contributed by atoms with van der Waals surface area (Å²) in [6.07, 6.45) is -4.74. The average molecular weight is 468 g/mol. The molecule has 9 heteroatoms. The van der Waals surface area contributed by atoms with E-state index in [0.717, 1.165) is 5.56 Å². The van der Waals surface area contributed by atoms with E-state index in [4.69, 9.17) is 5.11 Å². The second kappa shape index (κ2) is 9.38. The molecule has 1 N–H and O–H groups in total. The van der Waals surface area contributed by atoms with E-state index in [1.807, 2.05) is 30.3 Å². The number of carbonyl (C=O) groups is 1. The first kappa shape index (κ1) is 23.0. The predicted octanol–water partition coefficient (Wildman–Crippen LogP) is 5.03. The van der Waals surface area contributed by atoms with E-state index in [0.29, 0.717) is 34.3 Å². The Labute approximate surface area is 191 Å². The standard InChI is InChI=1S/C25H19F3N2O4/c26-25(27,28)34-19-9-6-17(7-10-19)18-8-11-20-22(15-18)30(13-12-23(31)32)24(33)21(29-20)14-16-4-2-1-3-5-16/h1-11,15H,12-14H2,(H,31,32). The molecule has 0 unspecified atom stereocenters. The van der Waals surface area contributed by atoms with Crippen LogP contribution in [0.4, 0.5) is 13.2 Å². The molecule has 0 aliphatic rings. The molecule has 0 aliphatic carbocycles. The van der Waals surface area contributed by atoms with Crippen LogP contribution in [0.3, 0.4) is 0 Å². The minimum absolute atomic E-state index is 0.0449. The van der Waals surface area contributed by atoms with Gasteiger partial charge in [-0.3, -0.25) is 9.59 Å². The number of ether oxygens (including phenoxy) is 1. The van der Waals surface area contributed by atoms with Crippen molar-refractivity contribution in [2.75, 3.05) is 0 Å². The van der Waals surface area contributed by atoms with Crippen molar-refractivity contribution in [3.8, 4) is 16.9 Å². The summed E-state index contributed by atoms with van der Waals surface area (Å²) in [4.78, 5) is 28.9. The highest BCUT2D eigenvalue weighted by atomic mass is 19.4. The summed E-state index contributed by atoms with van der Waals surface area (Å²) in [6.45, 7) is -0.0449. The van der Waals surface area contributed by atoms with Gasteiger partial charge < -0.3 is 14.4 Å². The number of fused-ring (bicyclic) bond motifs is 1. The Balaban J connectivity index is 1.76. The summed E-state index contributed by atoms with van der Waals surface area (Å²) in [6, 6.07) is 19.8. The van der Waals surface area contributed by atoms with Gasteiger partial charge in [0, 0.05) is 13.0 Å². The highest BCUT2D eigenvalue weighted by molar-refractivity contribution is 5.82. The number of hydrogen-bond donors (Lipinski definition) is 1. The Morgan fingerprint density at radius 3 is 2.29 bits per heavy atom. The van der Waals surface area contributed by atoms with Crippen molar-refractivity contribution in [2.24, 2.45) is 0 Å². The van der Waals surface area contributed by atoms with Crippen LogP contribution in [0.15, 0.2) is 77.6 Å². The van der Waals surface area contributed by atoms with Crippen LogP contribution in [0.1, 0.15) is 17.7 Å². The van der Waals surface area contributed by atoms with Gasteiger partial charge in [-0.1, -0.05) is 48.5 Å². The number of aromatic nitrogens is 2. The molecule has 174 valence electrons. The summed E-state index contributed by atoms with van der Waals surface area (Å²) in [5.74, 6) is -1.39. The molecular formula is C25H19F3N2O4. The molecule has 0 aliphatic heterocycles. The topological polar surface area (TPSA) is 81.4 Å². The van der Waals surface area contributed by atoms with Gasteiger partial charge in [-0.15, -0.1) is 13.2 Å². The van der Waals surface area contributed by atoms with E-state index in [1.54, 1.807) is 18.2 Å². The minimum atomic E-state index is -4.78. The third kappa shape index (κ3) is 5.43. The van der Waals surface area contributed by atoms with Gasteiger partial charge in [0.2, 0.25) is 0 Å². The number of rotatable bonds is 7. The van der Waals surface area contributed by atoms with Crippen LogP contribution in [0, 0.1) is 0 Å². The number of hydrogen-bond acceptors (Lipinski definition) is 4. The van der Waals surface area contributed by atoms with Gasteiger partial charge >= 0.3 is 12.3 Å². The number of aliphatic carboxylic acids is 1. The Kier molecular flexibility index (Phi) is 6.36. The third-order valence-corrected chi connectivity index (χ3v) is 5.20. The van der Waals surface area contributed by atoms with E-state index in [1.165, 1.54) is 28.8 Å². The summed E-state index contributed by atoms with van der Waals surface area (Å²) in [5.41, 5.74) is 2.99. The molecule has 0 saturated carbocycles.